The van der Waals surface area contributed by atoms with Crippen LogP contribution in [0.5, 0.6) is 5.75 Å². The summed E-state index contributed by atoms with van der Waals surface area (Å²) in [6, 6.07) is 11.4. The predicted octanol–water partition coefficient (Wildman–Crippen LogP) is 4.52. The Morgan fingerprint density at radius 3 is 2.72 bits per heavy atom. The van der Waals surface area contributed by atoms with Crippen LogP contribution in [0.3, 0.4) is 0 Å². The van der Waals surface area contributed by atoms with Gasteiger partial charge in [-0.2, -0.15) is 0 Å². The number of nitrogens with one attached hydrogen (secondary N) is 1. The van der Waals surface area contributed by atoms with Gasteiger partial charge in [-0.1, -0.05) is 12.1 Å². The molecular formula is C22H22BrNO5. The highest BCUT2D eigenvalue weighted by Gasteiger charge is 2.13. The van der Waals surface area contributed by atoms with Gasteiger partial charge in [0.1, 0.15) is 17.9 Å². The Kier molecular flexibility index (Phi) is 6.93. The van der Waals surface area contributed by atoms with E-state index in [1.54, 1.807) is 13.2 Å². The number of fused-ring (bicyclic) bond motifs is 1. The number of halogens is 1. The molecule has 1 N–H and O–H groups in total. The highest BCUT2D eigenvalue weighted by atomic mass is 79.9. The average molecular weight is 460 g/mol. The maximum absolute atomic E-state index is 11.9. The highest BCUT2D eigenvalue weighted by molar-refractivity contribution is 9.10. The third-order valence-corrected chi connectivity index (χ3v) is 4.86. The smallest absolute Gasteiger partial charge is 0.310 e. The van der Waals surface area contributed by atoms with Crippen LogP contribution >= 0.6 is 15.9 Å². The fraction of sp³-hybridized carbons (Fsp3) is 0.273. The quantitative estimate of drug-likeness (QED) is 0.501. The Morgan fingerprint density at radius 2 is 1.97 bits per heavy atom. The number of hydrogen-bond donors (Lipinski definition) is 1. The van der Waals surface area contributed by atoms with E-state index in [9.17, 15) is 9.59 Å². The molecule has 1 aromatic heterocycles. The van der Waals surface area contributed by atoms with Crippen LogP contribution in [0, 0.1) is 0 Å². The van der Waals surface area contributed by atoms with Crippen molar-refractivity contribution in [1.82, 2.24) is 5.32 Å². The minimum Gasteiger partial charge on any atom is -0.489 e. The van der Waals surface area contributed by atoms with Crippen LogP contribution < -0.4 is 10.1 Å². The molecule has 0 spiro atoms. The third kappa shape index (κ3) is 5.60. The molecular weight excluding hydrogens is 438 g/mol. The van der Waals surface area contributed by atoms with Crippen LogP contribution in [0.1, 0.15) is 30.5 Å². The van der Waals surface area contributed by atoms with E-state index in [0.29, 0.717) is 25.5 Å². The van der Waals surface area contributed by atoms with Crippen molar-refractivity contribution < 1.29 is 23.5 Å². The van der Waals surface area contributed by atoms with Gasteiger partial charge in [0.05, 0.1) is 23.8 Å². The first-order chi connectivity index (χ1) is 14.0. The zero-order chi connectivity index (χ0) is 20.8. The fourth-order valence-electron chi connectivity index (χ4n) is 2.92. The van der Waals surface area contributed by atoms with Gasteiger partial charge < -0.3 is 19.2 Å². The first-order valence-electron chi connectivity index (χ1n) is 9.26. The van der Waals surface area contributed by atoms with Crippen LogP contribution in [-0.2, 0) is 33.9 Å². The molecule has 0 aliphatic rings. The van der Waals surface area contributed by atoms with Gasteiger partial charge in [-0.15, -0.1) is 0 Å². The maximum Gasteiger partial charge on any atom is 0.310 e. The molecule has 1 heterocycles. The molecule has 1 amide bonds. The summed E-state index contributed by atoms with van der Waals surface area (Å²) in [4.78, 5) is 23.1. The van der Waals surface area contributed by atoms with E-state index in [4.69, 9.17) is 13.9 Å². The summed E-state index contributed by atoms with van der Waals surface area (Å²) >= 11 is 3.51. The Hall–Kier alpha value is -2.80. The van der Waals surface area contributed by atoms with Crippen molar-refractivity contribution in [3.05, 3.63) is 63.8 Å². The van der Waals surface area contributed by atoms with Crippen LogP contribution in [0.15, 0.2) is 51.6 Å². The van der Waals surface area contributed by atoms with Gasteiger partial charge in [0.25, 0.3) is 0 Å². The number of furan rings is 1. The summed E-state index contributed by atoms with van der Waals surface area (Å²) in [6.07, 6.45) is 1.76. The largest absolute Gasteiger partial charge is 0.489 e. The fourth-order valence-corrected chi connectivity index (χ4v) is 3.54. The van der Waals surface area contributed by atoms with E-state index in [1.807, 2.05) is 36.4 Å². The minimum atomic E-state index is -0.311. The summed E-state index contributed by atoms with van der Waals surface area (Å²) in [5, 5.41) is 3.74. The molecule has 6 nitrogen and oxygen atoms in total. The van der Waals surface area contributed by atoms with E-state index in [-0.39, 0.29) is 18.3 Å². The van der Waals surface area contributed by atoms with Gasteiger partial charge in [-0.25, -0.2) is 0 Å². The molecule has 0 atom stereocenters. The number of rotatable bonds is 8. The van der Waals surface area contributed by atoms with Gasteiger partial charge in [-0.05, 0) is 58.2 Å². The summed E-state index contributed by atoms with van der Waals surface area (Å²) in [6.45, 7) is 4.28. The molecule has 0 saturated carbocycles. The molecule has 0 radical (unpaired) electrons. The van der Waals surface area contributed by atoms with Crippen molar-refractivity contribution in [2.75, 3.05) is 6.61 Å². The zero-order valence-electron chi connectivity index (χ0n) is 16.3. The van der Waals surface area contributed by atoms with E-state index in [0.717, 1.165) is 32.1 Å². The van der Waals surface area contributed by atoms with Crippen molar-refractivity contribution >= 4 is 38.8 Å². The Balaban J connectivity index is 1.81. The second-order valence-electron chi connectivity index (χ2n) is 6.54. The number of carbonyl (C=O) groups is 2. The van der Waals surface area contributed by atoms with Crippen molar-refractivity contribution in [3.63, 3.8) is 0 Å². The summed E-state index contributed by atoms with van der Waals surface area (Å²) < 4.78 is 17.4. The number of benzene rings is 2. The lowest BCUT2D eigenvalue weighted by molar-refractivity contribution is -0.142. The summed E-state index contributed by atoms with van der Waals surface area (Å²) in [7, 11) is 0. The topological polar surface area (TPSA) is 77.8 Å². The van der Waals surface area contributed by atoms with Crippen LogP contribution in [-0.4, -0.2) is 18.5 Å². The summed E-state index contributed by atoms with van der Waals surface area (Å²) in [5.74, 6) is 0.167. The van der Waals surface area contributed by atoms with Crippen LogP contribution in [0.2, 0.25) is 0 Å². The SMILES string of the molecule is CCOC(=O)Cc1ccc(CNC(C)=O)cc1OCc1cc(Br)c2occc2c1. The normalized spacial score (nSPS) is 10.7. The van der Waals surface area contributed by atoms with Crippen molar-refractivity contribution in [2.24, 2.45) is 0 Å². The lowest BCUT2D eigenvalue weighted by Crippen LogP contribution is -2.19. The molecule has 29 heavy (non-hydrogen) atoms. The molecule has 0 aliphatic heterocycles. The van der Waals surface area contributed by atoms with E-state index in [2.05, 4.69) is 21.2 Å². The molecule has 2 aromatic carbocycles. The Labute approximate surface area is 177 Å². The highest BCUT2D eigenvalue weighted by Crippen LogP contribution is 2.28. The third-order valence-electron chi connectivity index (χ3n) is 4.27. The molecule has 3 aromatic rings. The van der Waals surface area contributed by atoms with E-state index < -0.39 is 0 Å². The number of esters is 1. The van der Waals surface area contributed by atoms with Gasteiger partial charge in [0, 0.05) is 24.4 Å². The first-order valence-corrected chi connectivity index (χ1v) is 10.1. The number of carbonyl (C=O) groups excluding carboxylic acids is 2. The number of ether oxygens (including phenoxy) is 2. The molecule has 0 aliphatic carbocycles. The predicted molar refractivity (Wildman–Crippen MR) is 113 cm³/mol. The van der Waals surface area contributed by atoms with E-state index in [1.165, 1.54) is 6.92 Å². The molecule has 0 bridgehead atoms. The van der Waals surface area contributed by atoms with Crippen LogP contribution in [0.25, 0.3) is 11.0 Å². The summed E-state index contributed by atoms with van der Waals surface area (Å²) in [5.41, 5.74) is 3.36. The molecule has 0 unspecified atom stereocenters. The van der Waals surface area contributed by atoms with Gasteiger partial charge in [0.2, 0.25) is 5.91 Å². The van der Waals surface area contributed by atoms with E-state index >= 15 is 0 Å². The van der Waals surface area contributed by atoms with Gasteiger partial charge in [0.15, 0.2) is 0 Å². The standard InChI is InChI=1S/C22H22BrNO5/c1-3-27-21(26)11-17-5-4-15(12-24-14(2)25)10-20(17)29-13-16-8-18-6-7-28-22(18)19(23)9-16/h4-10H,3,11-13H2,1-2H3,(H,24,25). The lowest BCUT2D eigenvalue weighted by Gasteiger charge is -2.14. The number of hydrogen-bond acceptors (Lipinski definition) is 5. The molecule has 3 rings (SSSR count). The van der Waals surface area contributed by atoms with Crippen molar-refractivity contribution in [3.8, 4) is 5.75 Å². The second kappa shape index (κ2) is 9.60. The monoisotopic (exact) mass is 459 g/mol. The van der Waals surface area contributed by atoms with Crippen LogP contribution in [0.4, 0.5) is 0 Å². The van der Waals surface area contributed by atoms with Crippen molar-refractivity contribution in [1.29, 1.82) is 0 Å². The molecule has 0 fully saturated rings. The Morgan fingerprint density at radius 1 is 1.14 bits per heavy atom. The molecule has 152 valence electrons. The zero-order valence-corrected chi connectivity index (χ0v) is 17.9. The Bertz CT molecular complexity index is 1030. The first kappa shape index (κ1) is 20.9. The van der Waals surface area contributed by atoms with Gasteiger partial charge >= 0.3 is 5.97 Å². The maximum atomic E-state index is 11.9. The molecule has 7 heteroatoms. The second-order valence-corrected chi connectivity index (χ2v) is 7.39. The minimum absolute atomic E-state index is 0.110. The van der Waals surface area contributed by atoms with Gasteiger partial charge in [-0.3, -0.25) is 9.59 Å². The number of amides is 1. The molecule has 0 saturated heterocycles. The average Bonchev–Trinajstić information content (AvgIpc) is 3.15. The van der Waals surface area contributed by atoms with Crippen molar-refractivity contribution in [2.45, 2.75) is 33.4 Å². The lowest BCUT2D eigenvalue weighted by atomic mass is 10.1.